The SMILES string of the molecule is CCOc1cc(S(=O)(=O)Nc2ccncc2)ccc1Br. The first-order chi connectivity index (χ1) is 9.53. The van der Waals surface area contributed by atoms with Gasteiger partial charge < -0.3 is 4.74 Å². The summed E-state index contributed by atoms with van der Waals surface area (Å²) in [5.74, 6) is 0.491. The number of pyridine rings is 1. The Morgan fingerprint density at radius 1 is 1.25 bits per heavy atom. The Bertz CT molecular complexity index is 690. The van der Waals surface area contributed by atoms with Gasteiger partial charge in [-0.1, -0.05) is 0 Å². The van der Waals surface area contributed by atoms with Crippen molar-refractivity contribution in [3.05, 3.63) is 47.2 Å². The Labute approximate surface area is 126 Å². The maximum atomic E-state index is 12.3. The Kier molecular flexibility index (Phi) is 4.61. The molecule has 0 bridgehead atoms. The highest BCUT2D eigenvalue weighted by Crippen LogP contribution is 2.28. The maximum Gasteiger partial charge on any atom is 0.262 e. The van der Waals surface area contributed by atoms with E-state index >= 15 is 0 Å². The first-order valence-corrected chi connectivity index (χ1v) is 8.16. The van der Waals surface area contributed by atoms with Crippen LogP contribution >= 0.6 is 15.9 Å². The van der Waals surface area contributed by atoms with E-state index in [-0.39, 0.29) is 4.90 Å². The summed E-state index contributed by atoms with van der Waals surface area (Å²) < 4.78 is 33.1. The molecule has 0 radical (unpaired) electrons. The summed E-state index contributed by atoms with van der Waals surface area (Å²) in [4.78, 5) is 3.98. The lowest BCUT2D eigenvalue weighted by Gasteiger charge is -2.10. The van der Waals surface area contributed by atoms with Crippen molar-refractivity contribution >= 4 is 31.6 Å². The van der Waals surface area contributed by atoms with E-state index in [1.54, 1.807) is 18.2 Å². The van der Waals surface area contributed by atoms with Crippen molar-refractivity contribution in [2.75, 3.05) is 11.3 Å². The van der Waals surface area contributed by atoms with E-state index in [1.807, 2.05) is 6.92 Å². The molecule has 7 heteroatoms. The molecule has 20 heavy (non-hydrogen) atoms. The first kappa shape index (κ1) is 14.8. The zero-order chi connectivity index (χ0) is 14.6. The number of ether oxygens (including phenoxy) is 1. The number of halogens is 1. The highest BCUT2D eigenvalue weighted by atomic mass is 79.9. The number of rotatable bonds is 5. The second-order valence-corrected chi connectivity index (χ2v) is 6.40. The van der Waals surface area contributed by atoms with Crippen LogP contribution in [-0.4, -0.2) is 20.0 Å². The van der Waals surface area contributed by atoms with Gasteiger partial charge in [0.1, 0.15) is 5.75 Å². The van der Waals surface area contributed by atoms with Crippen LogP contribution in [0.4, 0.5) is 5.69 Å². The molecule has 1 aromatic heterocycles. The van der Waals surface area contributed by atoms with Crippen LogP contribution in [-0.2, 0) is 10.0 Å². The second-order valence-electron chi connectivity index (χ2n) is 3.87. The molecule has 0 saturated carbocycles. The van der Waals surface area contributed by atoms with Gasteiger partial charge in [-0.3, -0.25) is 9.71 Å². The fraction of sp³-hybridized carbons (Fsp3) is 0.154. The minimum atomic E-state index is -3.65. The largest absolute Gasteiger partial charge is 0.493 e. The van der Waals surface area contributed by atoms with Crippen molar-refractivity contribution < 1.29 is 13.2 Å². The monoisotopic (exact) mass is 356 g/mol. The van der Waals surface area contributed by atoms with E-state index in [9.17, 15) is 8.42 Å². The predicted octanol–water partition coefficient (Wildman–Crippen LogP) is 3.04. The van der Waals surface area contributed by atoms with Crippen molar-refractivity contribution in [3.63, 3.8) is 0 Å². The molecule has 0 aliphatic heterocycles. The van der Waals surface area contributed by atoms with E-state index in [0.717, 1.165) is 0 Å². The molecule has 106 valence electrons. The van der Waals surface area contributed by atoms with Crippen molar-refractivity contribution in [2.24, 2.45) is 0 Å². The average Bonchev–Trinajstić information content (AvgIpc) is 2.42. The Morgan fingerprint density at radius 3 is 2.60 bits per heavy atom. The molecule has 0 unspecified atom stereocenters. The van der Waals surface area contributed by atoms with Crippen LogP contribution in [0.25, 0.3) is 0 Å². The molecule has 0 saturated heterocycles. The van der Waals surface area contributed by atoms with Crippen molar-refractivity contribution in [1.29, 1.82) is 0 Å². The van der Waals surface area contributed by atoms with Gasteiger partial charge in [-0.15, -0.1) is 0 Å². The van der Waals surface area contributed by atoms with Crippen LogP contribution in [0.5, 0.6) is 5.75 Å². The number of anilines is 1. The maximum absolute atomic E-state index is 12.3. The van der Waals surface area contributed by atoms with Crippen LogP contribution in [0.3, 0.4) is 0 Å². The van der Waals surface area contributed by atoms with E-state index in [0.29, 0.717) is 22.5 Å². The molecule has 1 aromatic carbocycles. The van der Waals surface area contributed by atoms with Gasteiger partial charge in [0, 0.05) is 18.5 Å². The highest BCUT2D eigenvalue weighted by molar-refractivity contribution is 9.10. The van der Waals surface area contributed by atoms with Crippen LogP contribution in [0, 0.1) is 0 Å². The van der Waals surface area contributed by atoms with Gasteiger partial charge in [-0.2, -0.15) is 0 Å². The molecule has 5 nitrogen and oxygen atoms in total. The van der Waals surface area contributed by atoms with Crippen LogP contribution in [0.1, 0.15) is 6.92 Å². The van der Waals surface area contributed by atoms with Gasteiger partial charge in [-0.05, 0) is 47.1 Å². The molecule has 0 spiro atoms. The predicted molar refractivity (Wildman–Crippen MR) is 80.4 cm³/mol. The topological polar surface area (TPSA) is 68.3 Å². The first-order valence-electron chi connectivity index (χ1n) is 5.88. The molecule has 2 aromatic rings. The van der Waals surface area contributed by atoms with Gasteiger partial charge in [0.25, 0.3) is 10.0 Å². The fourth-order valence-electron chi connectivity index (χ4n) is 1.55. The number of nitrogens with one attached hydrogen (secondary N) is 1. The van der Waals surface area contributed by atoms with Gasteiger partial charge in [0.2, 0.25) is 0 Å². The second kappa shape index (κ2) is 6.23. The molecule has 0 amide bonds. The third-order valence-corrected chi connectivity index (χ3v) is 4.48. The molecule has 2 rings (SSSR count). The zero-order valence-corrected chi connectivity index (χ0v) is 13.1. The van der Waals surface area contributed by atoms with Crippen molar-refractivity contribution in [2.45, 2.75) is 11.8 Å². The Balaban J connectivity index is 2.32. The quantitative estimate of drug-likeness (QED) is 0.893. The number of nitrogens with zero attached hydrogens (tertiary/aromatic N) is 1. The van der Waals surface area contributed by atoms with Crippen LogP contribution < -0.4 is 9.46 Å². The van der Waals surface area contributed by atoms with Gasteiger partial charge in [0.05, 0.1) is 21.7 Å². The zero-order valence-electron chi connectivity index (χ0n) is 10.7. The summed E-state index contributed by atoms with van der Waals surface area (Å²) in [6.07, 6.45) is 3.04. The lowest BCUT2D eigenvalue weighted by molar-refractivity contribution is 0.337. The lowest BCUT2D eigenvalue weighted by Crippen LogP contribution is -2.13. The van der Waals surface area contributed by atoms with E-state index in [4.69, 9.17) is 4.74 Å². The number of hydrogen-bond donors (Lipinski definition) is 1. The molecule has 1 N–H and O–H groups in total. The highest BCUT2D eigenvalue weighted by Gasteiger charge is 2.16. The van der Waals surface area contributed by atoms with Gasteiger partial charge in [0.15, 0.2) is 0 Å². The van der Waals surface area contributed by atoms with Crippen LogP contribution in [0.15, 0.2) is 52.1 Å². The number of aromatic nitrogens is 1. The molecular formula is C13H13BrN2O3S. The fourth-order valence-corrected chi connectivity index (χ4v) is 2.99. The summed E-state index contributed by atoms with van der Waals surface area (Å²) in [6.45, 7) is 2.29. The third kappa shape index (κ3) is 3.49. The summed E-state index contributed by atoms with van der Waals surface area (Å²) in [5.41, 5.74) is 0.459. The van der Waals surface area contributed by atoms with E-state index in [2.05, 4.69) is 25.6 Å². The summed E-state index contributed by atoms with van der Waals surface area (Å²) in [7, 11) is -3.65. The molecular weight excluding hydrogens is 344 g/mol. The number of sulfonamides is 1. The summed E-state index contributed by atoms with van der Waals surface area (Å²) in [6, 6.07) is 7.80. The molecule has 0 fully saturated rings. The van der Waals surface area contributed by atoms with E-state index in [1.165, 1.54) is 24.5 Å². The van der Waals surface area contributed by atoms with Crippen molar-refractivity contribution in [3.8, 4) is 5.75 Å². The Hall–Kier alpha value is -1.60. The smallest absolute Gasteiger partial charge is 0.262 e. The van der Waals surface area contributed by atoms with Crippen molar-refractivity contribution in [1.82, 2.24) is 4.98 Å². The average molecular weight is 357 g/mol. The molecule has 1 heterocycles. The lowest BCUT2D eigenvalue weighted by atomic mass is 10.3. The Morgan fingerprint density at radius 2 is 1.95 bits per heavy atom. The van der Waals surface area contributed by atoms with Crippen LogP contribution in [0.2, 0.25) is 0 Å². The van der Waals surface area contributed by atoms with Gasteiger partial charge >= 0.3 is 0 Å². The van der Waals surface area contributed by atoms with Gasteiger partial charge in [-0.25, -0.2) is 8.42 Å². The minimum absolute atomic E-state index is 0.140. The number of hydrogen-bond acceptors (Lipinski definition) is 4. The summed E-state index contributed by atoms with van der Waals surface area (Å²) in [5, 5.41) is 0. The molecule has 0 aliphatic rings. The molecule has 0 atom stereocenters. The van der Waals surface area contributed by atoms with E-state index < -0.39 is 10.0 Å². The minimum Gasteiger partial charge on any atom is -0.493 e. The third-order valence-electron chi connectivity index (χ3n) is 2.45. The number of benzene rings is 1. The normalized spacial score (nSPS) is 11.1. The standard InChI is InChI=1S/C13H13BrN2O3S/c1-2-19-13-9-11(3-4-12(13)14)20(17,18)16-10-5-7-15-8-6-10/h3-9H,2H2,1H3,(H,15,16). The summed E-state index contributed by atoms with van der Waals surface area (Å²) >= 11 is 3.32. The molecule has 0 aliphatic carbocycles.